The van der Waals surface area contributed by atoms with Gasteiger partial charge in [0.05, 0.1) is 22.7 Å². The van der Waals surface area contributed by atoms with Gasteiger partial charge in [0, 0.05) is 17.1 Å². The number of amides is 1. The van der Waals surface area contributed by atoms with Gasteiger partial charge >= 0.3 is 12.1 Å². The third-order valence-electron chi connectivity index (χ3n) is 4.18. The van der Waals surface area contributed by atoms with E-state index in [0.29, 0.717) is 10.4 Å². The average molecular weight is 413 g/mol. The fraction of sp³-hybridized carbons (Fsp3) is 0.412. The van der Waals surface area contributed by atoms with E-state index in [9.17, 15) is 18.0 Å². The first-order chi connectivity index (χ1) is 13.2. The Balaban J connectivity index is 1.75. The maximum Gasteiger partial charge on any atom is 0.471 e. The zero-order valence-electron chi connectivity index (χ0n) is 15.3. The van der Waals surface area contributed by atoms with Gasteiger partial charge in [-0.1, -0.05) is 12.1 Å². The monoisotopic (exact) mass is 413 g/mol. The van der Waals surface area contributed by atoms with Crippen molar-refractivity contribution in [3.8, 4) is 10.7 Å². The van der Waals surface area contributed by atoms with Crippen molar-refractivity contribution >= 4 is 17.2 Å². The van der Waals surface area contributed by atoms with Gasteiger partial charge in [-0.25, -0.2) is 0 Å². The van der Waals surface area contributed by atoms with Gasteiger partial charge in [0.15, 0.2) is 0 Å². The number of halogens is 3. The first-order valence-electron chi connectivity index (χ1n) is 8.55. The summed E-state index contributed by atoms with van der Waals surface area (Å²) in [6.45, 7) is 5.77. The zero-order chi connectivity index (χ0) is 20.5. The Hall–Kier alpha value is -2.69. The Bertz CT molecular complexity index is 962. The Morgan fingerprint density at radius 1 is 1.36 bits per heavy atom. The van der Waals surface area contributed by atoms with E-state index in [1.807, 2.05) is 20.8 Å². The predicted octanol–water partition coefficient (Wildman–Crippen LogP) is 4.15. The molecule has 0 spiro atoms. The number of hydrogen-bond donors (Lipinski definition) is 1. The third kappa shape index (κ3) is 4.24. The normalized spacial score (nSPS) is 14.1. The highest BCUT2D eigenvalue weighted by atomic mass is 32.1. The molecule has 0 fully saturated rings. The molecule has 0 aromatic carbocycles. The van der Waals surface area contributed by atoms with Crippen molar-refractivity contribution in [1.82, 2.24) is 25.2 Å². The summed E-state index contributed by atoms with van der Waals surface area (Å²) in [7, 11) is 0. The van der Waals surface area contributed by atoms with Crippen LogP contribution in [0, 0.1) is 0 Å². The van der Waals surface area contributed by atoms with Crippen molar-refractivity contribution in [3.63, 3.8) is 0 Å². The van der Waals surface area contributed by atoms with Crippen molar-refractivity contribution in [1.29, 1.82) is 0 Å². The molecule has 3 rings (SSSR count). The van der Waals surface area contributed by atoms with Gasteiger partial charge in [-0.05, 0) is 32.4 Å². The summed E-state index contributed by atoms with van der Waals surface area (Å²) in [4.78, 5) is 16.8. The number of hydrogen-bond acceptors (Lipinski definition) is 6. The molecule has 11 heteroatoms. The average Bonchev–Trinajstić information content (AvgIpc) is 3.39. The second-order valence-corrected chi connectivity index (χ2v) is 7.41. The van der Waals surface area contributed by atoms with Gasteiger partial charge in [-0.2, -0.15) is 23.3 Å². The van der Waals surface area contributed by atoms with Crippen LogP contribution in [0.5, 0.6) is 0 Å². The van der Waals surface area contributed by atoms with E-state index in [-0.39, 0.29) is 23.8 Å². The molecular formula is C17H18F3N5O2S. The first-order valence-corrected chi connectivity index (χ1v) is 9.36. The summed E-state index contributed by atoms with van der Waals surface area (Å²) >= 11 is 1.23. The summed E-state index contributed by atoms with van der Waals surface area (Å²) in [6.07, 6.45) is -0.740. The minimum atomic E-state index is -4.68. The molecule has 1 N–H and O–H groups in total. The number of nitrogens with zero attached hydrogens (tertiary/aromatic N) is 4. The summed E-state index contributed by atoms with van der Waals surface area (Å²) in [5.74, 6) is -1.70. The molecule has 0 radical (unpaired) electrons. The predicted molar refractivity (Wildman–Crippen MR) is 95.9 cm³/mol. The molecule has 0 bridgehead atoms. The number of carbonyl (C=O) groups excluding carboxylic acids is 1. The van der Waals surface area contributed by atoms with Gasteiger partial charge in [0.2, 0.25) is 5.82 Å². The van der Waals surface area contributed by atoms with Crippen LogP contribution in [0.15, 0.2) is 29.0 Å². The molecule has 3 aromatic heterocycles. The summed E-state index contributed by atoms with van der Waals surface area (Å²) in [6, 6.07) is 3.22. The van der Waals surface area contributed by atoms with E-state index in [1.54, 1.807) is 23.0 Å². The lowest BCUT2D eigenvalue weighted by atomic mass is 10.2. The SMILES string of the molecule is CCC(C)NC(=O)c1cnn(C(C)c2ccc(-c3noc(C(F)(F)F)n3)s2)c1. The van der Waals surface area contributed by atoms with Crippen molar-refractivity contribution in [2.45, 2.75) is 45.5 Å². The standard InChI is InChI=1S/C17H18F3N5O2S/c1-4-9(2)22-15(26)11-7-21-25(8-11)10(3)12-5-6-13(28-12)14-23-16(27-24-14)17(18,19)20/h5-10H,4H2,1-3H3,(H,22,26). The molecule has 0 aliphatic carbocycles. The molecule has 7 nitrogen and oxygen atoms in total. The van der Waals surface area contributed by atoms with Crippen LogP contribution in [0.4, 0.5) is 13.2 Å². The second-order valence-electron chi connectivity index (χ2n) is 6.29. The summed E-state index contributed by atoms with van der Waals surface area (Å²) in [5, 5.41) is 10.5. The van der Waals surface area contributed by atoms with Crippen LogP contribution in [-0.2, 0) is 6.18 Å². The zero-order valence-corrected chi connectivity index (χ0v) is 16.1. The molecule has 2 atom stereocenters. The first kappa shape index (κ1) is 20.1. The van der Waals surface area contributed by atoms with Crippen LogP contribution in [0.2, 0.25) is 0 Å². The number of alkyl halides is 3. The number of thiophene rings is 1. The van der Waals surface area contributed by atoms with E-state index in [0.717, 1.165) is 11.3 Å². The van der Waals surface area contributed by atoms with Crippen LogP contribution >= 0.6 is 11.3 Å². The summed E-state index contributed by atoms with van der Waals surface area (Å²) in [5.41, 5.74) is 0.442. The molecule has 0 saturated heterocycles. The third-order valence-corrected chi connectivity index (χ3v) is 5.43. The van der Waals surface area contributed by atoms with Crippen LogP contribution in [0.1, 0.15) is 54.4 Å². The lowest BCUT2D eigenvalue weighted by Gasteiger charge is -2.11. The largest absolute Gasteiger partial charge is 0.471 e. The van der Waals surface area contributed by atoms with Crippen LogP contribution in [-0.4, -0.2) is 31.9 Å². The molecule has 3 aromatic rings. The maximum atomic E-state index is 12.6. The lowest BCUT2D eigenvalue weighted by Crippen LogP contribution is -2.31. The van der Waals surface area contributed by atoms with Crippen molar-refractivity contribution in [2.75, 3.05) is 0 Å². The fourth-order valence-corrected chi connectivity index (χ4v) is 3.32. The topological polar surface area (TPSA) is 85.8 Å². The van der Waals surface area contributed by atoms with E-state index in [1.165, 1.54) is 17.5 Å². The van der Waals surface area contributed by atoms with Gasteiger partial charge in [-0.15, -0.1) is 11.3 Å². The minimum Gasteiger partial charge on any atom is -0.349 e. The Morgan fingerprint density at radius 3 is 2.75 bits per heavy atom. The maximum absolute atomic E-state index is 12.6. The molecular weight excluding hydrogens is 395 g/mol. The minimum absolute atomic E-state index is 0.0599. The van der Waals surface area contributed by atoms with Gasteiger partial charge in [0.25, 0.3) is 5.91 Å². The Morgan fingerprint density at radius 2 is 2.11 bits per heavy atom. The van der Waals surface area contributed by atoms with E-state index in [2.05, 4.69) is 25.1 Å². The molecule has 0 aliphatic rings. The number of nitrogens with one attached hydrogen (secondary N) is 1. The van der Waals surface area contributed by atoms with Crippen LogP contribution in [0.25, 0.3) is 10.7 Å². The number of rotatable bonds is 6. The molecule has 150 valence electrons. The molecule has 28 heavy (non-hydrogen) atoms. The Labute approximate surface area is 162 Å². The van der Waals surface area contributed by atoms with Crippen LogP contribution in [0.3, 0.4) is 0 Å². The van der Waals surface area contributed by atoms with E-state index in [4.69, 9.17) is 0 Å². The molecule has 0 aliphatic heterocycles. The molecule has 3 heterocycles. The number of aromatic nitrogens is 4. The second kappa shape index (κ2) is 7.74. The highest BCUT2D eigenvalue weighted by Crippen LogP contribution is 2.34. The van der Waals surface area contributed by atoms with Crippen molar-refractivity contribution in [2.24, 2.45) is 0 Å². The summed E-state index contributed by atoms with van der Waals surface area (Å²) < 4.78 is 43.7. The quantitative estimate of drug-likeness (QED) is 0.656. The van der Waals surface area contributed by atoms with Crippen LogP contribution < -0.4 is 5.32 Å². The fourth-order valence-electron chi connectivity index (χ4n) is 2.34. The highest BCUT2D eigenvalue weighted by Gasteiger charge is 2.38. The molecule has 1 amide bonds. The molecule has 0 saturated carbocycles. The Kier molecular flexibility index (Phi) is 5.54. The van der Waals surface area contributed by atoms with Gasteiger partial charge < -0.3 is 9.84 Å². The van der Waals surface area contributed by atoms with E-state index >= 15 is 0 Å². The number of carbonyl (C=O) groups is 1. The van der Waals surface area contributed by atoms with Gasteiger partial charge in [0.1, 0.15) is 0 Å². The van der Waals surface area contributed by atoms with E-state index < -0.39 is 12.1 Å². The highest BCUT2D eigenvalue weighted by molar-refractivity contribution is 7.15. The van der Waals surface area contributed by atoms with Crippen molar-refractivity contribution in [3.05, 3.63) is 40.9 Å². The smallest absolute Gasteiger partial charge is 0.349 e. The molecule has 2 unspecified atom stereocenters. The van der Waals surface area contributed by atoms with Crippen molar-refractivity contribution < 1.29 is 22.5 Å². The lowest BCUT2D eigenvalue weighted by molar-refractivity contribution is -0.159. The van der Waals surface area contributed by atoms with Gasteiger partial charge in [-0.3, -0.25) is 9.48 Å².